The van der Waals surface area contributed by atoms with E-state index in [0.717, 1.165) is 70.0 Å². The summed E-state index contributed by atoms with van der Waals surface area (Å²) in [5, 5.41) is 6.41. The van der Waals surface area contributed by atoms with E-state index in [9.17, 15) is 4.79 Å². The largest absolute Gasteiger partial charge is 0.357 e. The second-order valence-corrected chi connectivity index (χ2v) is 7.41. The third kappa shape index (κ3) is 5.58. The number of likely N-dealkylation sites (tertiary alicyclic amines) is 1. The monoisotopic (exact) mass is 387 g/mol. The van der Waals surface area contributed by atoms with Crippen LogP contribution in [-0.2, 0) is 11.3 Å². The molecule has 2 N–H and O–H groups in total. The summed E-state index contributed by atoms with van der Waals surface area (Å²) in [5.41, 5.74) is 1.11. The van der Waals surface area contributed by atoms with Gasteiger partial charge in [0.1, 0.15) is 5.82 Å². The van der Waals surface area contributed by atoms with E-state index in [0.29, 0.717) is 12.5 Å². The molecule has 0 radical (unpaired) electrons. The molecular weight excluding hydrogens is 354 g/mol. The van der Waals surface area contributed by atoms with Crippen LogP contribution >= 0.6 is 0 Å². The minimum atomic E-state index is 0.141. The van der Waals surface area contributed by atoms with E-state index in [-0.39, 0.29) is 12.5 Å². The number of aliphatic imine (C=N–C) groups is 1. The van der Waals surface area contributed by atoms with Gasteiger partial charge in [-0.05, 0) is 32.9 Å². The molecule has 2 aliphatic heterocycles. The SMILES string of the molecule is CCNC(=NCc1cccnc1N1CCN(C)CC1)NCC(=O)N1CCCC1. The molecule has 0 unspecified atom stereocenters. The number of likely N-dealkylation sites (N-methyl/N-ethyl adjacent to an activating group) is 1. The van der Waals surface area contributed by atoms with Gasteiger partial charge in [-0.3, -0.25) is 4.79 Å². The first-order valence-corrected chi connectivity index (χ1v) is 10.3. The number of amides is 1. The van der Waals surface area contributed by atoms with E-state index < -0.39 is 0 Å². The van der Waals surface area contributed by atoms with Crippen molar-refractivity contribution in [3.63, 3.8) is 0 Å². The summed E-state index contributed by atoms with van der Waals surface area (Å²) < 4.78 is 0. The zero-order valence-corrected chi connectivity index (χ0v) is 17.2. The number of nitrogens with zero attached hydrogens (tertiary/aromatic N) is 5. The molecule has 8 heteroatoms. The first-order valence-electron chi connectivity index (χ1n) is 10.3. The first-order chi connectivity index (χ1) is 13.7. The fraction of sp³-hybridized carbons (Fsp3) is 0.650. The van der Waals surface area contributed by atoms with Crippen LogP contribution in [0.2, 0.25) is 0 Å². The number of aromatic nitrogens is 1. The van der Waals surface area contributed by atoms with Crippen molar-refractivity contribution in [1.29, 1.82) is 0 Å². The predicted molar refractivity (Wildman–Crippen MR) is 113 cm³/mol. The Hall–Kier alpha value is -2.35. The van der Waals surface area contributed by atoms with E-state index in [1.54, 1.807) is 0 Å². The van der Waals surface area contributed by atoms with E-state index in [4.69, 9.17) is 4.99 Å². The number of anilines is 1. The van der Waals surface area contributed by atoms with Crippen LogP contribution in [0.3, 0.4) is 0 Å². The van der Waals surface area contributed by atoms with Crippen molar-refractivity contribution in [2.24, 2.45) is 4.99 Å². The first kappa shape index (κ1) is 20.4. The van der Waals surface area contributed by atoms with Gasteiger partial charge >= 0.3 is 0 Å². The van der Waals surface area contributed by atoms with Gasteiger partial charge in [-0.15, -0.1) is 0 Å². The zero-order valence-electron chi connectivity index (χ0n) is 17.2. The van der Waals surface area contributed by atoms with Crippen molar-refractivity contribution in [1.82, 2.24) is 25.4 Å². The maximum absolute atomic E-state index is 12.3. The fourth-order valence-electron chi connectivity index (χ4n) is 3.60. The molecule has 2 aliphatic rings. The Morgan fingerprint density at radius 3 is 2.61 bits per heavy atom. The lowest BCUT2D eigenvalue weighted by molar-refractivity contribution is -0.128. The van der Waals surface area contributed by atoms with Gasteiger partial charge in [0.05, 0.1) is 13.1 Å². The minimum absolute atomic E-state index is 0.141. The van der Waals surface area contributed by atoms with Gasteiger partial charge in [0.15, 0.2) is 5.96 Å². The molecule has 154 valence electrons. The smallest absolute Gasteiger partial charge is 0.241 e. The maximum atomic E-state index is 12.3. The third-order valence-electron chi connectivity index (χ3n) is 5.29. The highest BCUT2D eigenvalue weighted by Crippen LogP contribution is 2.19. The molecule has 2 saturated heterocycles. The van der Waals surface area contributed by atoms with Crippen LogP contribution in [0, 0.1) is 0 Å². The summed E-state index contributed by atoms with van der Waals surface area (Å²) in [6.07, 6.45) is 4.06. The number of carbonyl (C=O) groups excluding carboxylic acids is 1. The molecule has 2 fully saturated rings. The highest BCUT2D eigenvalue weighted by atomic mass is 16.2. The summed E-state index contributed by atoms with van der Waals surface area (Å²) in [7, 11) is 2.15. The molecule has 28 heavy (non-hydrogen) atoms. The lowest BCUT2D eigenvalue weighted by Crippen LogP contribution is -2.45. The van der Waals surface area contributed by atoms with Gasteiger partial charge in [0.2, 0.25) is 5.91 Å². The highest BCUT2D eigenvalue weighted by Gasteiger charge is 2.19. The van der Waals surface area contributed by atoms with Crippen molar-refractivity contribution in [2.75, 3.05) is 64.3 Å². The molecule has 0 aliphatic carbocycles. The van der Waals surface area contributed by atoms with Crippen LogP contribution in [0.4, 0.5) is 5.82 Å². The van der Waals surface area contributed by atoms with Crippen LogP contribution < -0.4 is 15.5 Å². The maximum Gasteiger partial charge on any atom is 0.241 e. The van der Waals surface area contributed by atoms with Crippen LogP contribution in [0.5, 0.6) is 0 Å². The van der Waals surface area contributed by atoms with Crippen molar-refractivity contribution in [2.45, 2.75) is 26.3 Å². The second kappa shape index (κ2) is 10.3. The molecule has 0 bridgehead atoms. The normalized spacial score (nSPS) is 18.4. The molecule has 1 aromatic heterocycles. The van der Waals surface area contributed by atoms with Crippen LogP contribution in [0.15, 0.2) is 23.3 Å². The van der Waals surface area contributed by atoms with E-state index >= 15 is 0 Å². The van der Waals surface area contributed by atoms with Gasteiger partial charge < -0.3 is 25.3 Å². The molecular formula is C20H33N7O. The molecule has 1 aromatic rings. The van der Waals surface area contributed by atoms with Crippen LogP contribution in [-0.4, -0.2) is 86.1 Å². The van der Waals surface area contributed by atoms with Gasteiger partial charge in [-0.1, -0.05) is 6.07 Å². The Kier molecular flexibility index (Phi) is 7.47. The number of guanidine groups is 1. The van der Waals surface area contributed by atoms with Gasteiger partial charge in [0.25, 0.3) is 0 Å². The molecule has 0 spiro atoms. The van der Waals surface area contributed by atoms with Crippen molar-refractivity contribution >= 4 is 17.7 Å². The summed E-state index contributed by atoms with van der Waals surface area (Å²) in [6, 6.07) is 4.05. The van der Waals surface area contributed by atoms with Crippen molar-refractivity contribution < 1.29 is 4.79 Å². The second-order valence-electron chi connectivity index (χ2n) is 7.41. The Morgan fingerprint density at radius 2 is 1.89 bits per heavy atom. The van der Waals surface area contributed by atoms with Gasteiger partial charge in [-0.2, -0.15) is 0 Å². The lowest BCUT2D eigenvalue weighted by Gasteiger charge is -2.34. The highest BCUT2D eigenvalue weighted by molar-refractivity contribution is 5.86. The molecule has 0 saturated carbocycles. The number of pyridine rings is 1. The average molecular weight is 388 g/mol. The standard InChI is InChI=1S/C20H33N7O/c1-3-21-20(24-16-18(28)26-9-4-5-10-26)23-15-17-7-6-8-22-19(17)27-13-11-25(2)12-14-27/h6-8H,3-5,9-16H2,1-2H3,(H2,21,23,24). The van der Waals surface area contributed by atoms with E-state index in [1.165, 1.54) is 0 Å². The summed E-state index contributed by atoms with van der Waals surface area (Å²) in [5.74, 6) is 1.83. The quantitative estimate of drug-likeness (QED) is 0.547. The van der Waals surface area contributed by atoms with E-state index in [2.05, 4.69) is 38.5 Å². The third-order valence-corrected chi connectivity index (χ3v) is 5.29. The van der Waals surface area contributed by atoms with Crippen molar-refractivity contribution in [3.8, 4) is 0 Å². The summed E-state index contributed by atoms with van der Waals surface area (Å²) in [6.45, 7) is 9.38. The molecule has 0 atom stereocenters. The zero-order chi connectivity index (χ0) is 19.8. The topological polar surface area (TPSA) is 76.1 Å². The fourth-order valence-corrected chi connectivity index (χ4v) is 3.60. The van der Waals surface area contributed by atoms with Gasteiger partial charge in [0, 0.05) is 57.6 Å². The molecule has 0 aromatic carbocycles. The Morgan fingerprint density at radius 1 is 1.14 bits per heavy atom. The summed E-state index contributed by atoms with van der Waals surface area (Å²) in [4.78, 5) is 28.2. The average Bonchev–Trinajstić information content (AvgIpc) is 3.26. The van der Waals surface area contributed by atoms with Crippen LogP contribution in [0.25, 0.3) is 0 Å². The van der Waals surface area contributed by atoms with Crippen molar-refractivity contribution in [3.05, 3.63) is 23.9 Å². The molecule has 3 rings (SSSR count). The number of piperazine rings is 1. The molecule has 8 nitrogen and oxygen atoms in total. The Bertz CT molecular complexity index is 664. The number of carbonyl (C=O) groups is 1. The lowest BCUT2D eigenvalue weighted by atomic mass is 10.2. The van der Waals surface area contributed by atoms with Gasteiger partial charge in [-0.25, -0.2) is 9.98 Å². The van der Waals surface area contributed by atoms with Crippen LogP contribution in [0.1, 0.15) is 25.3 Å². The number of nitrogens with one attached hydrogen (secondary N) is 2. The molecule has 3 heterocycles. The number of rotatable bonds is 6. The minimum Gasteiger partial charge on any atom is -0.357 e. The Labute approximate surface area is 168 Å². The Balaban J connectivity index is 1.61. The summed E-state index contributed by atoms with van der Waals surface area (Å²) >= 11 is 0. The number of hydrogen-bond acceptors (Lipinski definition) is 5. The number of hydrogen-bond donors (Lipinski definition) is 2. The molecule has 1 amide bonds. The van der Waals surface area contributed by atoms with E-state index in [1.807, 2.05) is 24.1 Å². The predicted octanol–water partition coefficient (Wildman–Crippen LogP) is 0.511.